The maximum atomic E-state index is 2.78. The van der Waals surface area contributed by atoms with Crippen LogP contribution in [0.4, 0.5) is 0 Å². The van der Waals surface area contributed by atoms with Crippen molar-refractivity contribution in [1.29, 1.82) is 0 Å². The summed E-state index contributed by atoms with van der Waals surface area (Å²) in [7, 11) is 0. The summed E-state index contributed by atoms with van der Waals surface area (Å²) in [6.45, 7) is 9.53. The van der Waals surface area contributed by atoms with Crippen LogP contribution in [0.3, 0.4) is 0 Å². The number of hydrogen-bond donors (Lipinski definition) is 0. The first-order valence-electron chi connectivity index (χ1n) is 5.77. The van der Waals surface area contributed by atoms with Gasteiger partial charge < -0.3 is 0 Å². The molecule has 0 radical (unpaired) electrons. The van der Waals surface area contributed by atoms with Gasteiger partial charge in [0.05, 0.1) is 0 Å². The van der Waals surface area contributed by atoms with Crippen LogP contribution in [0.2, 0.25) is 0 Å². The predicted molar refractivity (Wildman–Crippen MR) is 56.8 cm³/mol. The first-order valence-corrected chi connectivity index (χ1v) is 5.77. The fourth-order valence-electron chi connectivity index (χ4n) is 3.54. The maximum Gasteiger partial charge on any atom is 0.0130 e. The lowest BCUT2D eigenvalue weighted by Crippen LogP contribution is -2.52. The fourth-order valence-corrected chi connectivity index (χ4v) is 3.54. The van der Waals surface area contributed by atoms with Gasteiger partial charge >= 0.3 is 0 Å². The minimum Gasteiger partial charge on any atom is -0.293 e. The van der Waals surface area contributed by atoms with E-state index in [9.17, 15) is 0 Å². The summed E-state index contributed by atoms with van der Waals surface area (Å²) in [5, 5.41) is 0. The third-order valence-electron chi connectivity index (χ3n) is 3.74. The van der Waals surface area contributed by atoms with Crippen molar-refractivity contribution in [2.24, 2.45) is 5.92 Å². The summed E-state index contributed by atoms with van der Waals surface area (Å²) in [4.78, 5) is 2.78. The molecule has 0 amide bonds. The van der Waals surface area contributed by atoms with Gasteiger partial charge in [0.15, 0.2) is 0 Å². The van der Waals surface area contributed by atoms with Gasteiger partial charge in [0.25, 0.3) is 0 Å². The van der Waals surface area contributed by atoms with Crippen LogP contribution in [0.5, 0.6) is 0 Å². The van der Waals surface area contributed by atoms with E-state index in [1.807, 2.05) is 0 Å². The fraction of sp³-hybridized carbons (Fsp3) is 1.00. The third-order valence-corrected chi connectivity index (χ3v) is 3.74. The lowest BCUT2D eigenvalue weighted by molar-refractivity contribution is 0.0258. The highest BCUT2D eigenvalue weighted by Gasteiger charge is 2.43. The third kappa shape index (κ3) is 1.63. The van der Waals surface area contributed by atoms with Gasteiger partial charge in [-0.15, -0.1) is 0 Å². The molecule has 0 saturated carbocycles. The van der Waals surface area contributed by atoms with E-state index in [-0.39, 0.29) is 0 Å². The van der Waals surface area contributed by atoms with Crippen molar-refractivity contribution in [2.45, 2.75) is 71.0 Å². The Morgan fingerprint density at radius 3 is 1.85 bits per heavy atom. The highest BCUT2D eigenvalue weighted by atomic mass is 15.3. The van der Waals surface area contributed by atoms with Crippen molar-refractivity contribution < 1.29 is 0 Å². The van der Waals surface area contributed by atoms with Crippen LogP contribution >= 0.6 is 0 Å². The molecule has 2 atom stereocenters. The molecule has 1 heteroatoms. The summed E-state index contributed by atoms with van der Waals surface area (Å²) >= 11 is 0. The Morgan fingerprint density at radius 1 is 1.00 bits per heavy atom. The Hall–Kier alpha value is -0.0400. The second-order valence-corrected chi connectivity index (χ2v) is 6.04. The second kappa shape index (κ2) is 2.98. The largest absolute Gasteiger partial charge is 0.293 e. The first kappa shape index (κ1) is 9.51. The summed E-state index contributed by atoms with van der Waals surface area (Å²) in [5.74, 6) is 0.969. The van der Waals surface area contributed by atoms with Crippen LogP contribution in [-0.2, 0) is 0 Å². The quantitative estimate of drug-likeness (QED) is 0.555. The van der Waals surface area contributed by atoms with E-state index in [2.05, 4.69) is 32.6 Å². The molecule has 2 aliphatic rings. The van der Waals surface area contributed by atoms with Gasteiger partial charge in [0.1, 0.15) is 0 Å². The van der Waals surface area contributed by atoms with E-state index in [4.69, 9.17) is 0 Å². The van der Waals surface area contributed by atoms with Crippen molar-refractivity contribution >= 4 is 0 Å². The lowest BCUT2D eigenvalue weighted by atomic mass is 9.88. The molecule has 2 heterocycles. The van der Waals surface area contributed by atoms with E-state index in [0.29, 0.717) is 5.54 Å². The molecule has 0 aromatic carbocycles. The van der Waals surface area contributed by atoms with E-state index in [1.165, 1.54) is 25.7 Å². The SMILES string of the molecule is CC1CC2CCC(C1)N2C(C)(C)C. The van der Waals surface area contributed by atoms with Crippen molar-refractivity contribution in [2.75, 3.05) is 0 Å². The van der Waals surface area contributed by atoms with Crippen molar-refractivity contribution in [3.8, 4) is 0 Å². The summed E-state index contributed by atoms with van der Waals surface area (Å²) in [6, 6.07) is 1.79. The molecule has 1 nitrogen and oxygen atoms in total. The number of hydrogen-bond acceptors (Lipinski definition) is 1. The van der Waals surface area contributed by atoms with E-state index >= 15 is 0 Å². The average molecular weight is 181 g/mol. The van der Waals surface area contributed by atoms with Crippen LogP contribution in [0.15, 0.2) is 0 Å². The molecular formula is C12H23N. The topological polar surface area (TPSA) is 3.24 Å². The molecule has 13 heavy (non-hydrogen) atoms. The molecule has 2 bridgehead atoms. The van der Waals surface area contributed by atoms with Crippen LogP contribution in [0.25, 0.3) is 0 Å². The molecule has 2 unspecified atom stereocenters. The summed E-state index contributed by atoms with van der Waals surface area (Å²) < 4.78 is 0. The molecule has 0 aromatic rings. The zero-order chi connectivity index (χ0) is 9.64. The number of nitrogens with zero attached hydrogens (tertiary/aromatic N) is 1. The van der Waals surface area contributed by atoms with Crippen LogP contribution < -0.4 is 0 Å². The number of piperidine rings is 1. The zero-order valence-corrected chi connectivity index (χ0v) is 9.51. The van der Waals surface area contributed by atoms with Gasteiger partial charge in [0, 0.05) is 17.6 Å². The monoisotopic (exact) mass is 181 g/mol. The molecule has 2 aliphatic heterocycles. The Kier molecular flexibility index (Phi) is 2.18. The molecule has 0 aliphatic carbocycles. The average Bonchev–Trinajstić information content (AvgIpc) is 2.23. The molecule has 76 valence electrons. The van der Waals surface area contributed by atoms with Gasteiger partial charge in [0.2, 0.25) is 0 Å². The van der Waals surface area contributed by atoms with Gasteiger partial charge in [-0.2, -0.15) is 0 Å². The smallest absolute Gasteiger partial charge is 0.0130 e. The van der Waals surface area contributed by atoms with Crippen molar-refractivity contribution in [3.63, 3.8) is 0 Å². The standard InChI is InChI=1S/C12H23N/c1-9-7-10-5-6-11(8-9)13(10)12(2,3)4/h9-11H,5-8H2,1-4H3. The predicted octanol–water partition coefficient (Wildman–Crippen LogP) is 3.05. The van der Waals surface area contributed by atoms with Gasteiger partial charge in [-0.05, 0) is 52.4 Å². The van der Waals surface area contributed by atoms with E-state index in [1.54, 1.807) is 0 Å². The minimum absolute atomic E-state index is 0.395. The molecule has 0 aromatic heterocycles. The highest BCUT2D eigenvalue weighted by Crippen LogP contribution is 2.42. The second-order valence-electron chi connectivity index (χ2n) is 6.04. The van der Waals surface area contributed by atoms with Gasteiger partial charge in [-0.1, -0.05) is 6.92 Å². The minimum atomic E-state index is 0.395. The Bertz CT molecular complexity index is 178. The van der Waals surface area contributed by atoms with Crippen molar-refractivity contribution in [3.05, 3.63) is 0 Å². The molecule has 0 N–H and O–H groups in total. The Balaban J connectivity index is 2.15. The first-order chi connectivity index (χ1) is 5.98. The zero-order valence-electron chi connectivity index (χ0n) is 9.51. The van der Waals surface area contributed by atoms with Crippen LogP contribution in [0, 0.1) is 5.92 Å². The Morgan fingerprint density at radius 2 is 1.46 bits per heavy atom. The van der Waals surface area contributed by atoms with E-state index < -0.39 is 0 Å². The molecule has 0 spiro atoms. The van der Waals surface area contributed by atoms with Crippen LogP contribution in [0.1, 0.15) is 53.4 Å². The van der Waals surface area contributed by atoms with E-state index in [0.717, 1.165) is 18.0 Å². The number of rotatable bonds is 0. The van der Waals surface area contributed by atoms with Gasteiger partial charge in [-0.25, -0.2) is 0 Å². The highest BCUT2D eigenvalue weighted by molar-refractivity contribution is 4.99. The number of fused-ring (bicyclic) bond motifs is 2. The van der Waals surface area contributed by atoms with Gasteiger partial charge in [-0.3, -0.25) is 4.90 Å². The lowest BCUT2D eigenvalue weighted by Gasteiger charge is -2.46. The molecular weight excluding hydrogens is 158 g/mol. The normalized spacial score (nSPS) is 41.1. The Labute approximate surface area is 82.5 Å². The molecule has 2 rings (SSSR count). The van der Waals surface area contributed by atoms with Crippen molar-refractivity contribution in [1.82, 2.24) is 4.90 Å². The molecule has 2 fully saturated rings. The molecule has 2 saturated heterocycles. The van der Waals surface area contributed by atoms with Crippen LogP contribution in [-0.4, -0.2) is 22.5 Å². The summed E-state index contributed by atoms with van der Waals surface area (Å²) in [6.07, 6.45) is 5.78. The summed E-state index contributed by atoms with van der Waals surface area (Å²) in [5.41, 5.74) is 0.395. The maximum absolute atomic E-state index is 2.78.